The quantitative estimate of drug-likeness (QED) is 0.583. The first-order valence-electron chi connectivity index (χ1n) is 5.50. The van der Waals surface area contributed by atoms with Gasteiger partial charge in [-0.3, -0.25) is 0 Å². The maximum atomic E-state index is 2.64. The Balaban J connectivity index is 0.000000336. The van der Waals surface area contributed by atoms with Crippen molar-refractivity contribution in [2.75, 3.05) is 13.1 Å². The SMILES string of the molecule is CC.CCN1CCCC2(C)CC12. The smallest absolute Gasteiger partial charge is 0.0155 e. The molecule has 0 aromatic rings. The molecule has 1 aliphatic heterocycles. The zero-order valence-corrected chi connectivity index (χ0v) is 9.06. The van der Waals surface area contributed by atoms with Crippen LogP contribution in [0.25, 0.3) is 0 Å². The van der Waals surface area contributed by atoms with Crippen molar-refractivity contribution in [1.29, 1.82) is 0 Å². The number of fused-ring (bicyclic) bond motifs is 1. The van der Waals surface area contributed by atoms with E-state index >= 15 is 0 Å². The molecule has 1 saturated heterocycles. The van der Waals surface area contributed by atoms with Gasteiger partial charge < -0.3 is 4.90 Å². The van der Waals surface area contributed by atoms with Gasteiger partial charge >= 0.3 is 0 Å². The first-order chi connectivity index (χ1) is 5.76. The lowest BCUT2D eigenvalue weighted by Crippen LogP contribution is -2.34. The summed E-state index contributed by atoms with van der Waals surface area (Å²) in [6, 6.07) is 0.964. The number of likely N-dealkylation sites (tertiary alicyclic amines) is 1. The second-order valence-electron chi connectivity index (χ2n) is 4.11. The molecule has 1 aliphatic carbocycles. The van der Waals surface area contributed by atoms with Crippen LogP contribution in [0.5, 0.6) is 0 Å². The van der Waals surface area contributed by atoms with Gasteiger partial charge in [0.15, 0.2) is 0 Å². The molecule has 1 saturated carbocycles. The van der Waals surface area contributed by atoms with Gasteiger partial charge in [0.1, 0.15) is 0 Å². The first-order valence-corrected chi connectivity index (χ1v) is 5.50. The maximum absolute atomic E-state index is 2.64. The first kappa shape index (κ1) is 10.0. The van der Waals surface area contributed by atoms with Crippen LogP contribution >= 0.6 is 0 Å². The molecule has 0 N–H and O–H groups in total. The Morgan fingerprint density at radius 1 is 1.42 bits per heavy atom. The molecule has 2 atom stereocenters. The molecule has 1 heteroatoms. The lowest BCUT2D eigenvalue weighted by atomic mass is 9.98. The van der Waals surface area contributed by atoms with Crippen molar-refractivity contribution in [2.45, 2.75) is 53.0 Å². The van der Waals surface area contributed by atoms with Gasteiger partial charge in [0, 0.05) is 6.04 Å². The minimum Gasteiger partial charge on any atom is -0.300 e. The van der Waals surface area contributed by atoms with E-state index in [1.54, 1.807) is 0 Å². The molecule has 0 aromatic carbocycles. The van der Waals surface area contributed by atoms with Gasteiger partial charge in [0.05, 0.1) is 0 Å². The van der Waals surface area contributed by atoms with Gasteiger partial charge in [0.2, 0.25) is 0 Å². The average Bonchev–Trinajstić information content (AvgIpc) is 2.79. The molecule has 72 valence electrons. The number of nitrogens with zero attached hydrogens (tertiary/aromatic N) is 1. The summed E-state index contributed by atoms with van der Waals surface area (Å²) in [6.07, 6.45) is 4.38. The predicted octanol–water partition coefficient (Wildman–Crippen LogP) is 2.91. The van der Waals surface area contributed by atoms with Crippen molar-refractivity contribution in [3.05, 3.63) is 0 Å². The maximum Gasteiger partial charge on any atom is 0.0155 e. The minimum atomic E-state index is 0.744. The molecule has 12 heavy (non-hydrogen) atoms. The molecule has 2 aliphatic rings. The van der Waals surface area contributed by atoms with Crippen LogP contribution in [0, 0.1) is 5.41 Å². The topological polar surface area (TPSA) is 3.24 Å². The van der Waals surface area contributed by atoms with Crippen molar-refractivity contribution in [3.63, 3.8) is 0 Å². The average molecular weight is 169 g/mol. The molecule has 0 spiro atoms. The van der Waals surface area contributed by atoms with Gasteiger partial charge in [-0.25, -0.2) is 0 Å². The van der Waals surface area contributed by atoms with Crippen LogP contribution in [0.1, 0.15) is 47.0 Å². The third-order valence-electron chi connectivity index (χ3n) is 3.34. The van der Waals surface area contributed by atoms with Crippen molar-refractivity contribution >= 4 is 0 Å². The summed E-state index contributed by atoms with van der Waals surface area (Å²) < 4.78 is 0. The summed E-state index contributed by atoms with van der Waals surface area (Å²) in [5.74, 6) is 0. The molecule has 2 fully saturated rings. The predicted molar refractivity (Wildman–Crippen MR) is 54.3 cm³/mol. The molecular formula is C11H23N. The van der Waals surface area contributed by atoms with E-state index in [0.29, 0.717) is 0 Å². The standard InChI is InChI=1S/C9H17N.C2H6/c1-3-10-6-4-5-9(2)7-8(9)10;1-2/h8H,3-7H2,1-2H3;1-2H3. The molecule has 0 aromatic heterocycles. The van der Waals surface area contributed by atoms with E-state index in [2.05, 4.69) is 18.7 Å². The van der Waals surface area contributed by atoms with Gasteiger partial charge in [-0.15, -0.1) is 0 Å². The lowest BCUT2D eigenvalue weighted by molar-refractivity contribution is 0.189. The highest BCUT2D eigenvalue weighted by Gasteiger charge is 2.54. The second-order valence-corrected chi connectivity index (χ2v) is 4.11. The van der Waals surface area contributed by atoms with Gasteiger partial charge in [-0.2, -0.15) is 0 Å². The highest BCUT2D eigenvalue weighted by Crippen LogP contribution is 2.54. The molecule has 2 rings (SSSR count). The Hall–Kier alpha value is -0.0400. The molecule has 0 radical (unpaired) electrons. The van der Waals surface area contributed by atoms with E-state index in [-0.39, 0.29) is 0 Å². The summed E-state index contributed by atoms with van der Waals surface area (Å²) in [7, 11) is 0. The minimum absolute atomic E-state index is 0.744. The van der Waals surface area contributed by atoms with Crippen molar-refractivity contribution in [3.8, 4) is 0 Å². The van der Waals surface area contributed by atoms with Crippen LogP contribution in [0.4, 0.5) is 0 Å². The molecule has 2 unspecified atom stereocenters. The van der Waals surface area contributed by atoms with E-state index in [1.807, 2.05) is 13.8 Å². The lowest BCUT2D eigenvalue weighted by Gasteiger charge is -2.28. The summed E-state index contributed by atoms with van der Waals surface area (Å²) in [6.45, 7) is 11.3. The summed E-state index contributed by atoms with van der Waals surface area (Å²) >= 11 is 0. The van der Waals surface area contributed by atoms with Crippen molar-refractivity contribution in [2.24, 2.45) is 5.41 Å². The normalized spacial score (nSPS) is 39.5. The number of hydrogen-bond acceptors (Lipinski definition) is 1. The fraction of sp³-hybridized carbons (Fsp3) is 1.00. The molecule has 1 nitrogen and oxygen atoms in total. The largest absolute Gasteiger partial charge is 0.300 e. The van der Waals surface area contributed by atoms with Crippen molar-refractivity contribution < 1.29 is 0 Å². The fourth-order valence-corrected chi connectivity index (χ4v) is 2.44. The van der Waals surface area contributed by atoms with Gasteiger partial charge in [-0.1, -0.05) is 27.7 Å². The number of piperidine rings is 1. The number of rotatable bonds is 1. The van der Waals surface area contributed by atoms with E-state index in [1.165, 1.54) is 32.4 Å². The number of hydrogen-bond donors (Lipinski definition) is 0. The van der Waals surface area contributed by atoms with Crippen LogP contribution in [-0.4, -0.2) is 24.0 Å². The summed E-state index contributed by atoms with van der Waals surface area (Å²) in [5, 5.41) is 0. The summed E-state index contributed by atoms with van der Waals surface area (Å²) in [4.78, 5) is 2.64. The Kier molecular flexibility index (Phi) is 3.16. The van der Waals surface area contributed by atoms with Crippen LogP contribution in [-0.2, 0) is 0 Å². The Morgan fingerprint density at radius 2 is 2.08 bits per heavy atom. The molecule has 0 amide bonds. The highest BCUT2D eigenvalue weighted by molar-refractivity contribution is 5.08. The molecule has 1 heterocycles. The van der Waals surface area contributed by atoms with Crippen LogP contribution in [0.15, 0.2) is 0 Å². The van der Waals surface area contributed by atoms with E-state index in [9.17, 15) is 0 Å². The molecule has 0 bridgehead atoms. The zero-order chi connectivity index (χ0) is 9.19. The highest BCUT2D eigenvalue weighted by atomic mass is 15.2. The Morgan fingerprint density at radius 3 is 2.58 bits per heavy atom. The van der Waals surface area contributed by atoms with Gasteiger partial charge in [0.25, 0.3) is 0 Å². The Bertz CT molecular complexity index is 142. The fourth-order valence-electron chi connectivity index (χ4n) is 2.44. The van der Waals surface area contributed by atoms with Crippen molar-refractivity contribution in [1.82, 2.24) is 4.90 Å². The van der Waals surface area contributed by atoms with Gasteiger partial charge in [-0.05, 0) is 37.8 Å². The summed E-state index contributed by atoms with van der Waals surface area (Å²) in [5.41, 5.74) is 0.744. The Labute approximate surface area is 77.1 Å². The third kappa shape index (κ3) is 1.66. The second kappa shape index (κ2) is 3.78. The third-order valence-corrected chi connectivity index (χ3v) is 3.34. The zero-order valence-electron chi connectivity index (χ0n) is 9.06. The van der Waals surface area contributed by atoms with Crippen LogP contribution in [0.3, 0.4) is 0 Å². The monoisotopic (exact) mass is 169 g/mol. The van der Waals surface area contributed by atoms with E-state index in [0.717, 1.165) is 11.5 Å². The van der Waals surface area contributed by atoms with Crippen LogP contribution < -0.4 is 0 Å². The van der Waals surface area contributed by atoms with Crippen LogP contribution in [0.2, 0.25) is 0 Å². The molecular weight excluding hydrogens is 146 g/mol. The van der Waals surface area contributed by atoms with E-state index in [4.69, 9.17) is 0 Å². The van der Waals surface area contributed by atoms with E-state index < -0.39 is 0 Å².